The summed E-state index contributed by atoms with van der Waals surface area (Å²) in [6.45, 7) is 0. The molecule has 0 aliphatic rings. The van der Waals surface area contributed by atoms with E-state index < -0.39 is 0 Å². The maximum atomic E-state index is 6.53. The van der Waals surface area contributed by atoms with Crippen LogP contribution < -0.4 is 0 Å². The van der Waals surface area contributed by atoms with E-state index in [2.05, 4.69) is 197 Å². The van der Waals surface area contributed by atoms with E-state index in [4.69, 9.17) is 14.4 Å². The molecule has 5 nitrogen and oxygen atoms in total. The summed E-state index contributed by atoms with van der Waals surface area (Å²) in [6.07, 6.45) is 0. The molecular formula is C54H32N4O. The van der Waals surface area contributed by atoms with Gasteiger partial charge in [0, 0.05) is 48.7 Å². The largest absolute Gasteiger partial charge is 0.456 e. The van der Waals surface area contributed by atoms with Gasteiger partial charge in [0.15, 0.2) is 0 Å². The summed E-state index contributed by atoms with van der Waals surface area (Å²) in [5, 5.41) is 10.1. The third kappa shape index (κ3) is 4.61. The summed E-state index contributed by atoms with van der Waals surface area (Å²) < 4.78 is 11.3. The molecule has 0 bridgehead atoms. The SMILES string of the molecule is c1ccc(-c2ccc(-c3nc(-n4c5ccc6oc7ccccc7c6c5c5ccc6c7ccccc7n(-c7cccc8ccccc78)c6c54)nc4ccccc34)cc2)cc1. The average Bonchev–Trinajstić information content (AvgIpc) is 3.96. The minimum absolute atomic E-state index is 0.611. The maximum absolute atomic E-state index is 6.53. The Hall–Kier alpha value is -8.02. The van der Waals surface area contributed by atoms with Crippen molar-refractivity contribution in [3.8, 4) is 34.0 Å². The zero-order valence-electron chi connectivity index (χ0n) is 31.7. The van der Waals surface area contributed by atoms with Gasteiger partial charge in [0.1, 0.15) is 11.2 Å². The highest BCUT2D eigenvalue weighted by Crippen LogP contribution is 2.46. The van der Waals surface area contributed by atoms with Gasteiger partial charge in [-0.05, 0) is 52.9 Å². The van der Waals surface area contributed by atoms with E-state index in [0.717, 1.165) is 93.6 Å². The standard InChI is InChI=1S/C54H32N4O/c1-2-13-33(14-3-1)34-25-27-36(28-26-34)51-40-19-6-9-21-43(40)55-54(56-51)58-46-31-32-48-50(41-20-8-11-24-47(41)59-48)49(46)42-30-29-39-38-18-7-10-22-45(38)57(52(39)53(42)58)44-23-12-16-35-15-4-5-17-37(35)44/h1-32H. The third-order valence-electron chi connectivity index (χ3n) is 12.1. The lowest BCUT2D eigenvalue weighted by molar-refractivity contribution is 0.669. The first-order valence-electron chi connectivity index (χ1n) is 20.0. The number of nitrogens with zero attached hydrogens (tertiary/aromatic N) is 4. The molecular weight excluding hydrogens is 721 g/mol. The van der Waals surface area contributed by atoms with Gasteiger partial charge in [0.05, 0.1) is 39.0 Å². The molecule has 0 aliphatic heterocycles. The zero-order chi connectivity index (χ0) is 38.6. The third-order valence-corrected chi connectivity index (χ3v) is 12.1. The van der Waals surface area contributed by atoms with Gasteiger partial charge in [0.2, 0.25) is 5.95 Å². The molecule has 9 aromatic carbocycles. The molecule has 0 atom stereocenters. The lowest BCUT2D eigenvalue weighted by atomic mass is 10.0. The summed E-state index contributed by atoms with van der Waals surface area (Å²) in [4.78, 5) is 11.0. The Morgan fingerprint density at radius 1 is 0.356 bits per heavy atom. The molecule has 274 valence electrons. The van der Waals surface area contributed by atoms with Crippen LogP contribution in [0.5, 0.6) is 0 Å². The molecule has 4 heterocycles. The van der Waals surface area contributed by atoms with E-state index in [1.54, 1.807) is 0 Å². The molecule has 59 heavy (non-hydrogen) atoms. The quantitative estimate of drug-likeness (QED) is 0.180. The van der Waals surface area contributed by atoms with Crippen LogP contribution in [-0.2, 0) is 0 Å². The summed E-state index contributed by atoms with van der Waals surface area (Å²) >= 11 is 0. The zero-order valence-corrected chi connectivity index (χ0v) is 31.7. The number of furan rings is 1. The first-order chi connectivity index (χ1) is 29.3. The van der Waals surface area contributed by atoms with Crippen LogP contribution in [0.25, 0.3) is 121 Å². The Kier molecular flexibility index (Phi) is 6.66. The molecule has 5 heteroatoms. The number of para-hydroxylation sites is 3. The molecule has 0 unspecified atom stereocenters. The van der Waals surface area contributed by atoms with Gasteiger partial charge in [-0.25, -0.2) is 9.97 Å². The number of aromatic nitrogens is 4. The molecule has 0 amide bonds. The van der Waals surface area contributed by atoms with Gasteiger partial charge < -0.3 is 8.98 Å². The van der Waals surface area contributed by atoms with Crippen LogP contribution in [0.15, 0.2) is 199 Å². The van der Waals surface area contributed by atoms with Gasteiger partial charge in [0.25, 0.3) is 0 Å². The number of benzene rings is 9. The van der Waals surface area contributed by atoms with E-state index in [1.165, 1.54) is 21.7 Å². The minimum Gasteiger partial charge on any atom is -0.456 e. The van der Waals surface area contributed by atoms with Crippen LogP contribution in [-0.4, -0.2) is 19.1 Å². The maximum Gasteiger partial charge on any atom is 0.235 e. The molecule has 0 fully saturated rings. The van der Waals surface area contributed by atoms with Crippen molar-refractivity contribution in [1.82, 2.24) is 19.1 Å². The fraction of sp³-hybridized carbons (Fsp3) is 0. The molecule has 0 aliphatic carbocycles. The fourth-order valence-corrected chi connectivity index (χ4v) is 9.55. The molecule has 4 aromatic heterocycles. The molecule has 0 spiro atoms. The Labute approximate surface area is 337 Å². The van der Waals surface area contributed by atoms with Gasteiger partial charge in [-0.1, -0.05) is 158 Å². The van der Waals surface area contributed by atoms with Crippen LogP contribution >= 0.6 is 0 Å². The lowest BCUT2D eigenvalue weighted by Crippen LogP contribution is -2.05. The van der Waals surface area contributed by atoms with Gasteiger partial charge in [-0.3, -0.25) is 4.57 Å². The first-order valence-corrected chi connectivity index (χ1v) is 20.0. The highest BCUT2D eigenvalue weighted by molar-refractivity contribution is 6.31. The van der Waals surface area contributed by atoms with E-state index in [1.807, 2.05) is 6.07 Å². The molecule has 0 saturated carbocycles. The minimum atomic E-state index is 0.611. The molecule has 0 saturated heterocycles. The predicted molar refractivity (Wildman–Crippen MR) is 244 cm³/mol. The summed E-state index contributed by atoms with van der Waals surface area (Å²) in [6, 6.07) is 68.8. The van der Waals surface area contributed by atoms with Crippen molar-refractivity contribution in [3.63, 3.8) is 0 Å². The van der Waals surface area contributed by atoms with Gasteiger partial charge >= 0.3 is 0 Å². The van der Waals surface area contributed by atoms with Crippen LogP contribution in [0, 0.1) is 0 Å². The molecule has 0 radical (unpaired) electrons. The summed E-state index contributed by atoms with van der Waals surface area (Å²) in [5.74, 6) is 0.611. The fourth-order valence-electron chi connectivity index (χ4n) is 9.55. The Balaban J connectivity index is 1.21. The summed E-state index contributed by atoms with van der Waals surface area (Å²) in [5.41, 5.74) is 12.3. The van der Waals surface area contributed by atoms with Crippen molar-refractivity contribution in [2.24, 2.45) is 0 Å². The van der Waals surface area contributed by atoms with Crippen molar-refractivity contribution in [2.75, 3.05) is 0 Å². The highest BCUT2D eigenvalue weighted by Gasteiger charge is 2.26. The van der Waals surface area contributed by atoms with E-state index in [0.29, 0.717) is 5.95 Å². The van der Waals surface area contributed by atoms with Crippen LogP contribution in [0.1, 0.15) is 0 Å². The van der Waals surface area contributed by atoms with Crippen LogP contribution in [0.2, 0.25) is 0 Å². The highest BCUT2D eigenvalue weighted by atomic mass is 16.3. The molecule has 13 aromatic rings. The van der Waals surface area contributed by atoms with Crippen molar-refractivity contribution >= 4 is 87.2 Å². The Morgan fingerprint density at radius 2 is 1.02 bits per heavy atom. The Morgan fingerprint density at radius 3 is 1.90 bits per heavy atom. The number of hydrogen-bond donors (Lipinski definition) is 0. The average molecular weight is 753 g/mol. The molecule has 0 N–H and O–H groups in total. The molecule has 13 rings (SSSR count). The lowest BCUT2D eigenvalue weighted by Gasteiger charge is -2.15. The number of fused-ring (bicyclic) bond motifs is 13. The van der Waals surface area contributed by atoms with Gasteiger partial charge in [-0.15, -0.1) is 0 Å². The topological polar surface area (TPSA) is 48.8 Å². The van der Waals surface area contributed by atoms with E-state index in [9.17, 15) is 0 Å². The first kappa shape index (κ1) is 32.1. The second kappa shape index (κ2) is 12.2. The van der Waals surface area contributed by atoms with E-state index >= 15 is 0 Å². The monoisotopic (exact) mass is 752 g/mol. The van der Waals surface area contributed by atoms with Crippen LogP contribution in [0.3, 0.4) is 0 Å². The number of rotatable bonds is 4. The number of hydrogen-bond acceptors (Lipinski definition) is 3. The second-order valence-corrected chi connectivity index (χ2v) is 15.3. The van der Waals surface area contributed by atoms with Gasteiger partial charge in [-0.2, -0.15) is 0 Å². The van der Waals surface area contributed by atoms with Crippen molar-refractivity contribution in [1.29, 1.82) is 0 Å². The summed E-state index contributed by atoms with van der Waals surface area (Å²) in [7, 11) is 0. The smallest absolute Gasteiger partial charge is 0.235 e. The normalized spacial score (nSPS) is 12.1. The predicted octanol–water partition coefficient (Wildman–Crippen LogP) is 14.2. The van der Waals surface area contributed by atoms with Crippen molar-refractivity contribution in [3.05, 3.63) is 194 Å². The van der Waals surface area contributed by atoms with E-state index in [-0.39, 0.29) is 0 Å². The Bertz CT molecular complexity index is 3830. The second-order valence-electron chi connectivity index (χ2n) is 15.3. The van der Waals surface area contributed by atoms with Crippen molar-refractivity contribution in [2.45, 2.75) is 0 Å². The van der Waals surface area contributed by atoms with Crippen LogP contribution in [0.4, 0.5) is 0 Å². The van der Waals surface area contributed by atoms with Crippen molar-refractivity contribution < 1.29 is 4.42 Å².